The molecule has 168 valence electrons. The van der Waals surface area contributed by atoms with Crippen LogP contribution in [0.3, 0.4) is 0 Å². The van der Waals surface area contributed by atoms with Gasteiger partial charge in [-0.05, 0) is 88.3 Å². The number of sulfonamides is 1. The van der Waals surface area contributed by atoms with E-state index in [0.29, 0.717) is 31.3 Å². The van der Waals surface area contributed by atoms with Gasteiger partial charge in [0.2, 0.25) is 10.0 Å². The molecule has 0 aromatic heterocycles. The van der Waals surface area contributed by atoms with Crippen LogP contribution in [0.15, 0.2) is 23.1 Å². The van der Waals surface area contributed by atoms with Crippen molar-refractivity contribution in [3.05, 3.63) is 57.1 Å². The van der Waals surface area contributed by atoms with Crippen LogP contribution in [0, 0.1) is 41.5 Å². The van der Waals surface area contributed by atoms with Crippen LogP contribution in [0.25, 0.3) is 0 Å². The van der Waals surface area contributed by atoms with Crippen LogP contribution in [0.2, 0.25) is 0 Å². The van der Waals surface area contributed by atoms with E-state index in [0.717, 1.165) is 35.1 Å². The third-order valence-electron chi connectivity index (χ3n) is 7.43. The summed E-state index contributed by atoms with van der Waals surface area (Å²) >= 11 is 0. The molecule has 0 bridgehead atoms. The van der Waals surface area contributed by atoms with Crippen LogP contribution in [0.4, 0.5) is 5.69 Å². The summed E-state index contributed by atoms with van der Waals surface area (Å²) in [4.78, 5) is 2.83. The summed E-state index contributed by atoms with van der Waals surface area (Å²) < 4.78 is 34.8. The molecule has 2 aromatic rings. The average Bonchev–Trinajstić information content (AvgIpc) is 2.75. The molecule has 2 aliphatic rings. The molecule has 31 heavy (non-hydrogen) atoms. The largest absolute Gasteiger partial charge is 0.356 e. The van der Waals surface area contributed by atoms with Crippen molar-refractivity contribution in [3.8, 4) is 0 Å². The van der Waals surface area contributed by atoms with Gasteiger partial charge in [0.15, 0.2) is 0 Å². The molecular formula is C25H34N2O3S. The van der Waals surface area contributed by atoms with E-state index in [-0.39, 0.29) is 6.04 Å². The second-order valence-electron chi connectivity index (χ2n) is 9.17. The number of benzene rings is 2. The topological polar surface area (TPSA) is 49.9 Å². The number of aryl methyl sites for hydroxylation is 1. The Kier molecular flexibility index (Phi) is 5.92. The Labute approximate surface area is 187 Å². The first kappa shape index (κ1) is 22.3. The standard InChI is InChI=1S/C25H34N2O3S/c1-16-7-8-24-22(13-16)14-30-15-27(24)23-9-11-26(12-10-23)31(28,29)25-20(5)18(3)17(2)19(4)21(25)6/h7-8,13,23H,9-12,14-15H2,1-6H3. The van der Waals surface area contributed by atoms with Gasteiger partial charge in [-0.2, -0.15) is 4.31 Å². The number of rotatable bonds is 3. The maximum atomic E-state index is 13.7. The second kappa shape index (κ2) is 8.23. The van der Waals surface area contributed by atoms with Crippen LogP contribution in [0.1, 0.15) is 51.8 Å². The molecule has 6 heteroatoms. The van der Waals surface area contributed by atoms with Crippen LogP contribution in [0.5, 0.6) is 0 Å². The molecule has 0 atom stereocenters. The summed E-state index contributed by atoms with van der Waals surface area (Å²) in [6, 6.07) is 6.80. The van der Waals surface area contributed by atoms with E-state index in [1.165, 1.54) is 22.4 Å². The highest BCUT2D eigenvalue weighted by atomic mass is 32.2. The molecule has 0 spiro atoms. The van der Waals surface area contributed by atoms with Gasteiger partial charge >= 0.3 is 0 Å². The summed E-state index contributed by atoms with van der Waals surface area (Å²) in [5.41, 5.74) is 8.80. The predicted octanol–water partition coefficient (Wildman–Crippen LogP) is 4.68. The highest BCUT2D eigenvalue weighted by Crippen LogP contribution is 2.35. The summed E-state index contributed by atoms with van der Waals surface area (Å²) in [6.45, 7) is 14.4. The van der Waals surface area contributed by atoms with Crippen molar-refractivity contribution < 1.29 is 13.2 Å². The van der Waals surface area contributed by atoms with Crippen LogP contribution in [-0.2, 0) is 21.4 Å². The van der Waals surface area contributed by atoms with Crippen LogP contribution >= 0.6 is 0 Å². The van der Waals surface area contributed by atoms with Gasteiger partial charge in [0.05, 0.1) is 11.5 Å². The van der Waals surface area contributed by atoms with E-state index in [4.69, 9.17) is 4.74 Å². The second-order valence-corrected chi connectivity index (χ2v) is 11.0. The lowest BCUT2D eigenvalue weighted by molar-refractivity contribution is 0.0987. The molecule has 5 nitrogen and oxygen atoms in total. The first-order valence-electron chi connectivity index (χ1n) is 11.1. The molecule has 0 aliphatic carbocycles. The summed E-state index contributed by atoms with van der Waals surface area (Å²) in [5, 5.41) is 0. The molecule has 2 aromatic carbocycles. The van der Waals surface area contributed by atoms with E-state index in [2.05, 4.69) is 36.9 Å². The number of hydrogen-bond donors (Lipinski definition) is 0. The molecule has 0 radical (unpaired) electrons. The first-order valence-corrected chi connectivity index (χ1v) is 12.6. The fourth-order valence-electron chi connectivity index (χ4n) is 5.11. The lowest BCUT2D eigenvalue weighted by Gasteiger charge is -2.42. The molecule has 2 aliphatic heterocycles. The Bertz CT molecular complexity index is 1090. The lowest BCUT2D eigenvalue weighted by atomic mass is 9.95. The molecule has 1 saturated heterocycles. The molecule has 0 N–H and O–H groups in total. The maximum absolute atomic E-state index is 13.7. The highest BCUT2D eigenvalue weighted by Gasteiger charge is 2.35. The zero-order chi connectivity index (χ0) is 22.5. The fourth-order valence-corrected chi connectivity index (χ4v) is 7.14. The van der Waals surface area contributed by atoms with E-state index in [1.54, 1.807) is 4.31 Å². The van der Waals surface area contributed by atoms with E-state index in [1.807, 2.05) is 27.7 Å². The quantitative estimate of drug-likeness (QED) is 0.692. The van der Waals surface area contributed by atoms with Gasteiger partial charge in [-0.3, -0.25) is 0 Å². The number of piperidine rings is 1. The Morgan fingerprint density at radius 1 is 0.871 bits per heavy atom. The van der Waals surface area contributed by atoms with Crippen molar-refractivity contribution in [2.45, 2.75) is 71.9 Å². The van der Waals surface area contributed by atoms with Gasteiger partial charge in [-0.15, -0.1) is 0 Å². The van der Waals surface area contributed by atoms with Gasteiger partial charge in [-0.1, -0.05) is 17.7 Å². The minimum Gasteiger partial charge on any atom is -0.356 e. The fraction of sp³-hybridized carbons (Fsp3) is 0.520. The Balaban J connectivity index is 1.57. The van der Waals surface area contributed by atoms with Crippen molar-refractivity contribution in [3.63, 3.8) is 0 Å². The van der Waals surface area contributed by atoms with Crippen molar-refractivity contribution in [2.75, 3.05) is 24.7 Å². The van der Waals surface area contributed by atoms with E-state index < -0.39 is 10.0 Å². The van der Waals surface area contributed by atoms with Gasteiger partial charge in [-0.25, -0.2) is 8.42 Å². The van der Waals surface area contributed by atoms with E-state index in [9.17, 15) is 8.42 Å². The minimum absolute atomic E-state index is 0.289. The van der Waals surface area contributed by atoms with Crippen molar-refractivity contribution in [2.24, 2.45) is 0 Å². The Hall–Kier alpha value is -1.89. The minimum atomic E-state index is -3.52. The van der Waals surface area contributed by atoms with E-state index >= 15 is 0 Å². The third-order valence-corrected chi connectivity index (χ3v) is 9.60. The van der Waals surface area contributed by atoms with Crippen LogP contribution < -0.4 is 4.90 Å². The average molecular weight is 443 g/mol. The summed E-state index contributed by atoms with van der Waals surface area (Å²) in [6.07, 6.45) is 1.61. The zero-order valence-electron chi connectivity index (χ0n) is 19.6. The molecule has 0 saturated carbocycles. The summed E-state index contributed by atoms with van der Waals surface area (Å²) in [7, 11) is -3.52. The van der Waals surface area contributed by atoms with Crippen molar-refractivity contribution in [1.82, 2.24) is 4.31 Å². The maximum Gasteiger partial charge on any atom is 0.243 e. The monoisotopic (exact) mass is 442 g/mol. The van der Waals surface area contributed by atoms with Crippen molar-refractivity contribution in [1.29, 1.82) is 0 Å². The third kappa shape index (κ3) is 3.79. The Morgan fingerprint density at radius 2 is 1.45 bits per heavy atom. The molecule has 1 fully saturated rings. The smallest absolute Gasteiger partial charge is 0.243 e. The first-order chi connectivity index (χ1) is 14.6. The summed E-state index contributed by atoms with van der Waals surface area (Å²) in [5.74, 6) is 0. The van der Waals surface area contributed by atoms with Gasteiger partial charge in [0.25, 0.3) is 0 Å². The van der Waals surface area contributed by atoms with Crippen molar-refractivity contribution >= 4 is 15.7 Å². The lowest BCUT2D eigenvalue weighted by Crippen LogP contribution is -2.48. The molecule has 0 amide bonds. The molecule has 4 rings (SSSR count). The number of ether oxygens (including phenoxy) is 1. The molecule has 0 unspecified atom stereocenters. The van der Waals surface area contributed by atoms with Gasteiger partial charge in [0.1, 0.15) is 6.73 Å². The normalized spacial score (nSPS) is 18.3. The number of fused-ring (bicyclic) bond motifs is 1. The highest BCUT2D eigenvalue weighted by molar-refractivity contribution is 7.89. The molecular weight excluding hydrogens is 408 g/mol. The zero-order valence-corrected chi connectivity index (χ0v) is 20.4. The number of hydrogen-bond acceptors (Lipinski definition) is 4. The number of nitrogens with zero attached hydrogens (tertiary/aromatic N) is 2. The molecule has 2 heterocycles. The van der Waals surface area contributed by atoms with Gasteiger partial charge in [0, 0.05) is 30.4 Å². The number of anilines is 1. The Morgan fingerprint density at radius 3 is 2.06 bits per heavy atom. The predicted molar refractivity (Wildman–Crippen MR) is 125 cm³/mol. The van der Waals surface area contributed by atoms with Gasteiger partial charge < -0.3 is 9.64 Å². The van der Waals surface area contributed by atoms with Crippen LogP contribution in [-0.4, -0.2) is 38.6 Å². The SMILES string of the molecule is Cc1ccc2c(c1)COCN2C1CCN(S(=O)(=O)c2c(C)c(C)c(C)c(C)c2C)CC1.